The van der Waals surface area contributed by atoms with Crippen LogP contribution in [0.3, 0.4) is 0 Å². The number of hydrogen-bond donors (Lipinski definition) is 0. The molecule has 8 nitrogen and oxygen atoms in total. The van der Waals surface area contributed by atoms with Crippen LogP contribution in [0.4, 0.5) is 11.6 Å². The molecule has 1 aromatic heterocycles. The minimum atomic E-state index is -0.942. The number of rotatable bonds is 2. The van der Waals surface area contributed by atoms with Crippen LogP contribution >= 0.6 is 11.6 Å². The zero-order chi connectivity index (χ0) is 10.0. The molecule has 0 aliphatic rings. The molecule has 0 atom stereocenters. The molecule has 0 aliphatic heterocycles. The molecular weight excluding hydrogens is 204 g/mol. The van der Waals surface area contributed by atoms with Crippen molar-refractivity contribution in [1.82, 2.24) is 9.97 Å². The number of aromatic nitrogens is 2. The van der Waals surface area contributed by atoms with Crippen molar-refractivity contribution in [2.24, 2.45) is 0 Å². The van der Waals surface area contributed by atoms with Crippen molar-refractivity contribution in [1.29, 1.82) is 0 Å². The quantitative estimate of drug-likeness (QED) is 0.523. The lowest BCUT2D eigenvalue weighted by atomic mass is 10.6. The third kappa shape index (κ3) is 1.85. The lowest BCUT2D eigenvalue weighted by Gasteiger charge is -1.94. The second kappa shape index (κ2) is 3.27. The Balaban J connectivity index is 3.27. The van der Waals surface area contributed by atoms with Gasteiger partial charge >= 0.3 is 11.6 Å². The van der Waals surface area contributed by atoms with Gasteiger partial charge in [0.1, 0.15) is 6.20 Å². The Hall–Kier alpha value is -1.83. The van der Waals surface area contributed by atoms with Gasteiger partial charge in [0.15, 0.2) is 0 Å². The normalized spacial score (nSPS) is 9.62. The zero-order valence-corrected chi connectivity index (χ0v) is 6.63. The summed E-state index contributed by atoms with van der Waals surface area (Å²) in [6, 6.07) is 0. The van der Waals surface area contributed by atoms with Crippen molar-refractivity contribution in [3.8, 4) is 0 Å². The molecule has 0 fully saturated rings. The van der Waals surface area contributed by atoms with E-state index in [2.05, 4.69) is 9.97 Å². The smallest absolute Gasteiger partial charge is 0.358 e. The third-order valence-electron chi connectivity index (χ3n) is 1.06. The molecule has 13 heavy (non-hydrogen) atoms. The minimum absolute atomic E-state index is 0.476. The van der Waals surface area contributed by atoms with Crippen molar-refractivity contribution >= 4 is 23.2 Å². The van der Waals surface area contributed by atoms with E-state index in [1.165, 1.54) is 0 Å². The van der Waals surface area contributed by atoms with Gasteiger partial charge in [-0.25, -0.2) is 4.98 Å². The fourth-order valence-corrected chi connectivity index (χ4v) is 0.720. The molecule has 1 rings (SSSR count). The second-order valence-electron chi connectivity index (χ2n) is 1.86. The Morgan fingerprint density at radius 3 is 2.38 bits per heavy atom. The predicted molar refractivity (Wildman–Crippen MR) is 40.4 cm³/mol. The standard InChI is InChI=1S/C4HClN4O4/c5-3-4(9(12)13)7-2(1-6-3)8(10)11/h1H. The summed E-state index contributed by atoms with van der Waals surface area (Å²) in [5.74, 6) is -1.54. The highest BCUT2D eigenvalue weighted by Gasteiger charge is 2.20. The van der Waals surface area contributed by atoms with Crippen LogP contribution in [-0.2, 0) is 0 Å². The highest BCUT2D eigenvalue weighted by atomic mass is 35.5. The van der Waals surface area contributed by atoms with Crippen LogP contribution in [0.1, 0.15) is 0 Å². The summed E-state index contributed by atoms with van der Waals surface area (Å²) in [7, 11) is 0. The predicted octanol–water partition coefficient (Wildman–Crippen LogP) is 0.946. The number of nitrogens with zero attached hydrogens (tertiary/aromatic N) is 4. The molecule has 0 aliphatic carbocycles. The molecular formula is C4HClN4O4. The van der Waals surface area contributed by atoms with Gasteiger partial charge in [0.25, 0.3) is 0 Å². The molecule has 0 saturated heterocycles. The van der Waals surface area contributed by atoms with E-state index < -0.39 is 26.6 Å². The first-order valence-corrected chi connectivity index (χ1v) is 3.21. The van der Waals surface area contributed by atoms with E-state index in [0.717, 1.165) is 6.20 Å². The molecule has 0 aromatic carbocycles. The van der Waals surface area contributed by atoms with Gasteiger partial charge in [0.05, 0.1) is 0 Å². The van der Waals surface area contributed by atoms with Crippen molar-refractivity contribution in [2.45, 2.75) is 0 Å². The van der Waals surface area contributed by atoms with Crippen LogP contribution < -0.4 is 0 Å². The fourth-order valence-electron chi connectivity index (χ4n) is 0.560. The lowest BCUT2D eigenvalue weighted by molar-refractivity contribution is -0.403. The summed E-state index contributed by atoms with van der Waals surface area (Å²) in [5, 5.41) is 19.8. The maximum Gasteiger partial charge on any atom is 0.406 e. The maximum absolute atomic E-state index is 10.2. The molecule has 1 aromatic rings. The van der Waals surface area contributed by atoms with Gasteiger partial charge in [-0.15, -0.1) is 0 Å². The van der Waals surface area contributed by atoms with Crippen molar-refractivity contribution in [2.75, 3.05) is 0 Å². The highest BCUT2D eigenvalue weighted by molar-refractivity contribution is 6.31. The largest absolute Gasteiger partial charge is 0.406 e. The van der Waals surface area contributed by atoms with E-state index in [1.807, 2.05) is 0 Å². The summed E-state index contributed by atoms with van der Waals surface area (Å²) >= 11 is 5.26. The first-order chi connectivity index (χ1) is 6.02. The number of hydrogen-bond acceptors (Lipinski definition) is 6. The molecule has 68 valence electrons. The fraction of sp³-hybridized carbons (Fsp3) is 0. The third-order valence-corrected chi connectivity index (χ3v) is 1.32. The van der Waals surface area contributed by atoms with Gasteiger partial charge in [0.2, 0.25) is 5.15 Å². The van der Waals surface area contributed by atoms with E-state index in [0.29, 0.717) is 0 Å². The van der Waals surface area contributed by atoms with Crippen molar-refractivity contribution in [3.05, 3.63) is 31.6 Å². The number of nitro groups is 2. The summed E-state index contributed by atoms with van der Waals surface area (Å²) in [6.45, 7) is 0. The van der Waals surface area contributed by atoms with E-state index in [1.54, 1.807) is 0 Å². The first-order valence-electron chi connectivity index (χ1n) is 2.83. The van der Waals surface area contributed by atoms with Gasteiger partial charge < -0.3 is 20.2 Å². The summed E-state index contributed by atoms with van der Waals surface area (Å²) in [4.78, 5) is 24.8. The van der Waals surface area contributed by atoms with Crippen molar-refractivity contribution < 1.29 is 9.85 Å². The average Bonchev–Trinajstić information content (AvgIpc) is 2.04. The van der Waals surface area contributed by atoms with Gasteiger partial charge in [-0.2, -0.15) is 0 Å². The first kappa shape index (κ1) is 9.26. The van der Waals surface area contributed by atoms with E-state index in [4.69, 9.17) is 11.6 Å². The van der Waals surface area contributed by atoms with E-state index in [9.17, 15) is 20.2 Å². The monoisotopic (exact) mass is 204 g/mol. The minimum Gasteiger partial charge on any atom is -0.358 e. The van der Waals surface area contributed by atoms with Gasteiger partial charge in [-0.3, -0.25) is 0 Å². The van der Waals surface area contributed by atoms with Crippen LogP contribution in [-0.4, -0.2) is 19.8 Å². The Labute approximate surface area is 75.5 Å². The van der Waals surface area contributed by atoms with Gasteiger partial charge in [-0.05, 0) is 9.85 Å². The lowest BCUT2D eigenvalue weighted by Crippen LogP contribution is -1.99. The molecule has 9 heteroatoms. The highest BCUT2D eigenvalue weighted by Crippen LogP contribution is 2.20. The average molecular weight is 205 g/mol. The molecule has 0 spiro atoms. The molecule has 0 saturated carbocycles. The molecule has 0 unspecified atom stereocenters. The summed E-state index contributed by atoms with van der Waals surface area (Å²) in [5.41, 5.74) is 0. The van der Waals surface area contributed by atoms with Crippen LogP contribution in [0.25, 0.3) is 0 Å². The Morgan fingerprint density at radius 2 is 1.92 bits per heavy atom. The topological polar surface area (TPSA) is 112 Å². The van der Waals surface area contributed by atoms with Crippen LogP contribution in [0.5, 0.6) is 0 Å². The molecule has 0 bridgehead atoms. The maximum atomic E-state index is 10.2. The Kier molecular flexibility index (Phi) is 2.33. The van der Waals surface area contributed by atoms with Gasteiger partial charge in [-0.1, -0.05) is 11.6 Å². The molecule has 0 radical (unpaired) electrons. The van der Waals surface area contributed by atoms with Crippen LogP contribution in [0.2, 0.25) is 5.15 Å². The molecule has 1 heterocycles. The summed E-state index contributed by atoms with van der Waals surface area (Å²) in [6.07, 6.45) is 0.745. The Bertz CT molecular complexity index is 380. The van der Waals surface area contributed by atoms with E-state index in [-0.39, 0.29) is 0 Å². The molecule has 0 N–H and O–H groups in total. The summed E-state index contributed by atoms with van der Waals surface area (Å²) < 4.78 is 0. The van der Waals surface area contributed by atoms with Gasteiger partial charge in [0, 0.05) is 4.98 Å². The molecule has 0 amide bonds. The van der Waals surface area contributed by atoms with Crippen LogP contribution in [0.15, 0.2) is 6.20 Å². The second-order valence-corrected chi connectivity index (χ2v) is 2.21. The SMILES string of the molecule is O=[N+]([O-])c1cnc(Cl)c([N+](=O)[O-])n1. The van der Waals surface area contributed by atoms with Crippen LogP contribution in [0, 0.1) is 20.2 Å². The Morgan fingerprint density at radius 1 is 1.31 bits per heavy atom. The number of halogens is 1. The zero-order valence-electron chi connectivity index (χ0n) is 5.88. The van der Waals surface area contributed by atoms with E-state index >= 15 is 0 Å². The van der Waals surface area contributed by atoms with Crippen molar-refractivity contribution in [3.63, 3.8) is 0 Å².